The van der Waals surface area contributed by atoms with E-state index in [0.717, 1.165) is 30.5 Å². The summed E-state index contributed by atoms with van der Waals surface area (Å²) in [6.45, 7) is 1.99. The second-order valence-electron chi connectivity index (χ2n) is 7.55. The monoisotopic (exact) mass is 454 g/mol. The van der Waals surface area contributed by atoms with Gasteiger partial charge in [-0.1, -0.05) is 43.4 Å². The molecule has 0 amide bonds. The van der Waals surface area contributed by atoms with Crippen LogP contribution in [0.15, 0.2) is 54.6 Å². The van der Waals surface area contributed by atoms with Gasteiger partial charge < -0.3 is 0 Å². The van der Waals surface area contributed by atoms with Crippen molar-refractivity contribution in [3.05, 3.63) is 106 Å². The van der Waals surface area contributed by atoms with Crippen LogP contribution in [0.5, 0.6) is 0 Å². The molecule has 0 fully saturated rings. The first-order chi connectivity index (χ1) is 15.8. The van der Waals surface area contributed by atoms with Crippen LogP contribution in [0.25, 0.3) is 21.9 Å². The quantitative estimate of drug-likeness (QED) is 0.169. The maximum Gasteiger partial charge on any atom is 0.195 e. The van der Waals surface area contributed by atoms with E-state index in [2.05, 4.69) is 11.8 Å². The maximum atomic E-state index is 14.6. The van der Waals surface area contributed by atoms with Crippen LogP contribution in [0, 0.1) is 46.7 Å². The molecule has 0 atom stereocenters. The van der Waals surface area contributed by atoms with Crippen LogP contribution in [-0.2, 0) is 6.42 Å². The van der Waals surface area contributed by atoms with Crippen molar-refractivity contribution in [3.63, 3.8) is 0 Å². The van der Waals surface area contributed by atoms with Gasteiger partial charge in [0.1, 0.15) is 17.5 Å². The summed E-state index contributed by atoms with van der Waals surface area (Å²) in [6, 6.07) is 11.5. The van der Waals surface area contributed by atoms with Crippen molar-refractivity contribution in [2.24, 2.45) is 0 Å². The standard InChI is InChI=1S/C27H16F6/c1-2-3-15-5-9-20(22(29)11-15)18-8-7-17(21(28)13-18)6-4-16-10-19-14-24(31)26(32)27(33)25(19)23(30)12-16/h5,7-14H,2-3H2,1H3. The van der Waals surface area contributed by atoms with Crippen LogP contribution in [0.1, 0.15) is 30.0 Å². The number of benzene rings is 4. The van der Waals surface area contributed by atoms with Crippen molar-refractivity contribution in [3.8, 4) is 23.0 Å². The molecule has 0 nitrogen and oxygen atoms in total. The van der Waals surface area contributed by atoms with Crippen LogP contribution in [-0.4, -0.2) is 0 Å². The third-order valence-electron chi connectivity index (χ3n) is 5.22. The molecular formula is C27H16F6. The summed E-state index contributed by atoms with van der Waals surface area (Å²) in [7, 11) is 0. The van der Waals surface area contributed by atoms with Crippen molar-refractivity contribution in [1.82, 2.24) is 0 Å². The Morgan fingerprint density at radius 1 is 0.667 bits per heavy atom. The van der Waals surface area contributed by atoms with Gasteiger partial charge in [-0.25, -0.2) is 26.3 Å². The normalized spacial score (nSPS) is 10.9. The number of hydrogen-bond acceptors (Lipinski definition) is 0. The summed E-state index contributed by atoms with van der Waals surface area (Å²) in [5.41, 5.74) is 1.43. The van der Waals surface area contributed by atoms with Crippen molar-refractivity contribution in [2.75, 3.05) is 0 Å². The maximum absolute atomic E-state index is 14.6. The summed E-state index contributed by atoms with van der Waals surface area (Å²) in [5, 5.41) is -0.907. The molecule has 33 heavy (non-hydrogen) atoms. The predicted molar refractivity (Wildman–Crippen MR) is 116 cm³/mol. The third kappa shape index (κ3) is 4.45. The zero-order valence-electron chi connectivity index (χ0n) is 17.4. The minimum atomic E-state index is -1.76. The molecule has 0 radical (unpaired) electrons. The van der Waals surface area contributed by atoms with Crippen molar-refractivity contribution in [2.45, 2.75) is 19.8 Å². The molecule has 0 saturated heterocycles. The van der Waals surface area contributed by atoms with E-state index in [4.69, 9.17) is 0 Å². The summed E-state index contributed by atoms with van der Waals surface area (Å²) in [5.74, 6) is -2.06. The molecule has 0 spiro atoms. The van der Waals surface area contributed by atoms with E-state index in [9.17, 15) is 26.3 Å². The molecule has 0 heterocycles. The number of halogens is 6. The fourth-order valence-corrected chi connectivity index (χ4v) is 3.62. The highest BCUT2D eigenvalue weighted by Crippen LogP contribution is 2.28. The average molecular weight is 454 g/mol. The van der Waals surface area contributed by atoms with Crippen LogP contribution >= 0.6 is 0 Å². The first-order valence-electron chi connectivity index (χ1n) is 10.2. The first kappa shape index (κ1) is 22.5. The van der Waals surface area contributed by atoms with Crippen molar-refractivity contribution in [1.29, 1.82) is 0 Å². The molecule has 4 rings (SSSR count). The molecule has 0 bridgehead atoms. The molecule has 0 aliphatic carbocycles. The van der Waals surface area contributed by atoms with Crippen LogP contribution in [0.4, 0.5) is 26.3 Å². The summed E-state index contributed by atoms with van der Waals surface area (Å²) < 4.78 is 84.1. The zero-order valence-corrected chi connectivity index (χ0v) is 17.4. The van der Waals surface area contributed by atoms with Gasteiger partial charge in [0, 0.05) is 11.1 Å². The fourth-order valence-electron chi connectivity index (χ4n) is 3.62. The number of fused-ring (bicyclic) bond motifs is 1. The van der Waals surface area contributed by atoms with Gasteiger partial charge >= 0.3 is 0 Å². The lowest BCUT2D eigenvalue weighted by Crippen LogP contribution is -1.95. The van der Waals surface area contributed by atoms with Crippen LogP contribution in [0.2, 0.25) is 0 Å². The van der Waals surface area contributed by atoms with Crippen molar-refractivity contribution >= 4 is 10.8 Å². The Kier molecular flexibility index (Phi) is 6.15. The van der Waals surface area contributed by atoms with Gasteiger partial charge in [-0.3, -0.25) is 0 Å². The predicted octanol–water partition coefficient (Wildman–Crippen LogP) is 7.69. The minimum Gasteiger partial charge on any atom is -0.206 e. The Morgan fingerprint density at radius 2 is 1.45 bits per heavy atom. The topological polar surface area (TPSA) is 0 Å². The van der Waals surface area contributed by atoms with Gasteiger partial charge in [0.25, 0.3) is 0 Å². The van der Waals surface area contributed by atoms with Gasteiger partial charge in [0.15, 0.2) is 17.5 Å². The highest BCUT2D eigenvalue weighted by Gasteiger charge is 2.17. The van der Waals surface area contributed by atoms with Gasteiger partial charge in [-0.2, -0.15) is 0 Å². The SMILES string of the molecule is CCCc1ccc(-c2ccc(C#Cc3cc(F)c4c(F)c(F)c(F)cc4c3)c(F)c2)c(F)c1. The van der Waals surface area contributed by atoms with Gasteiger partial charge in [-0.15, -0.1) is 0 Å². The van der Waals surface area contributed by atoms with Gasteiger partial charge in [0.2, 0.25) is 0 Å². The van der Waals surface area contributed by atoms with Gasteiger partial charge in [0.05, 0.1) is 10.9 Å². The Labute approximate surface area is 186 Å². The average Bonchev–Trinajstić information content (AvgIpc) is 2.77. The first-order valence-corrected chi connectivity index (χ1v) is 10.2. The van der Waals surface area contributed by atoms with E-state index in [-0.39, 0.29) is 22.1 Å². The summed E-state index contributed by atoms with van der Waals surface area (Å²) in [4.78, 5) is 0. The Bertz CT molecular complexity index is 1440. The van der Waals surface area contributed by atoms with Crippen molar-refractivity contribution < 1.29 is 26.3 Å². The third-order valence-corrected chi connectivity index (χ3v) is 5.22. The molecule has 0 saturated carbocycles. The molecule has 0 aromatic heterocycles. The van der Waals surface area contributed by atoms with E-state index in [1.807, 2.05) is 6.92 Å². The molecule has 0 N–H and O–H groups in total. The smallest absolute Gasteiger partial charge is 0.195 e. The van der Waals surface area contributed by atoms with Gasteiger partial charge in [-0.05, 0) is 59.3 Å². The second kappa shape index (κ2) is 9.03. The molecule has 6 heteroatoms. The van der Waals surface area contributed by atoms with Crippen LogP contribution in [0.3, 0.4) is 0 Å². The molecule has 4 aromatic carbocycles. The largest absolute Gasteiger partial charge is 0.206 e. The zero-order chi connectivity index (χ0) is 23.7. The van der Waals surface area contributed by atoms with E-state index >= 15 is 0 Å². The second-order valence-corrected chi connectivity index (χ2v) is 7.55. The fraction of sp³-hybridized carbons (Fsp3) is 0.111. The molecular weight excluding hydrogens is 438 g/mol. The number of rotatable bonds is 3. The highest BCUT2D eigenvalue weighted by molar-refractivity contribution is 5.85. The molecule has 0 aliphatic heterocycles. The van der Waals surface area contributed by atoms with E-state index in [1.54, 1.807) is 12.1 Å². The summed E-state index contributed by atoms with van der Waals surface area (Å²) >= 11 is 0. The van der Waals surface area contributed by atoms with Crippen LogP contribution < -0.4 is 0 Å². The Hall–Kier alpha value is -3.72. The Morgan fingerprint density at radius 3 is 2.15 bits per heavy atom. The minimum absolute atomic E-state index is 0.0199. The molecule has 0 aliphatic rings. The number of aryl methyl sites for hydroxylation is 1. The van der Waals surface area contributed by atoms with E-state index in [1.165, 1.54) is 24.3 Å². The highest BCUT2D eigenvalue weighted by atomic mass is 19.2. The lowest BCUT2D eigenvalue weighted by atomic mass is 10.00. The van der Waals surface area contributed by atoms with E-state index < -0.39 is 40.3 Å². The lowest BCUT2D eigenvalue weighted by molar-refractivity contribution is 0.451. The molecule has 166 valence electrons. The number of hydrogen-bond donors (Lipinski definition) is 0. The Balaban J connectivity index is 1.67. The molecule has 4 aromatic rings. The molecule has 0 unspecified atom stereocenters. The van der Waals surface area contributed by atoms with E-state index in [0.29, 0.717) is 11.6 Å². The summed E-state index contributed by atoms with van der Waals surface area (Å²) in [6.07, 6.45) is 1.62. The lowest BCUT2D eigenvalue weighted by Gasteiger charge is -2.07.